The Balaban J connectivity index is 1.85. The van der Waals surface area contributed by atoms with E-state index in [1.165, 1.54) is 30.5 Å². The SMILES string of the molecule is CCCC(CC)=Nc1ccc(NC(=C2CCC2)c2c[nH]c3cccc(C(F)(F)F)c3c2=O)c(C(F)(F)F)c1. The number of anilines is 1. The van der Waals surface area contributed by atoms with E-state index < -0.39 is 34.3 Å². The van der Waals surface area contributed by atoms with Crippen LogP contribution in [0.1, 0.15) is 69.1 Å². The van der Waals surface area contributed by atoms with Crippen molar-refractivity contribution in [2.75, 3.05) is 5.32 Å². The zero-order valence-corrected chi connectivity index (χ0v) is 20.9. The van der Waals surface area contributed by atoms with Gasteiger partial charge in [0, 0.05) is 17.4 Å². The third kappa shape index (κ3) is 5.63. The van der Waals surface area contributed by atoms with Crippen LogP contribution in [-0.4, -0.2) is 10.7 Å². The smallest absolute Gasteiger partial charge is 0.360 e. The molecule has 4 nitrogen and oxygen atoms in total. The largest absolute Gasteiger partial charge is 0.418 e. The zero-order valence-electron chi connectivity index (χ0n) is 20.9. The van der Waals surface area contributed by atoms with Crippen molar-refractivity contribution in [2.24, 2.45) is 4.99 Å². The van der Waals surface area contributed by atoms with E-state index >= 15 is 0 Å². The van der Waals surface area contributed by atoms with E-state index in [1.54, 1.807) is 0 Å². The van der Waals surface area contributed by atoms with Crippen LogP contribution in [0, 0.1) is 0 Å². The lowest BCUT2D eigenvalue weighted by atomic mass is 9.88. The molecule has 0 radical (unpaired) electrons. The van der Waals surface area contributed by atoms with Crippen molar-refractivity contribution in [3.63, 3.8) is 0 Å². The van der Waals surface area contributed by atoms with E-state index in [2.05, 4.69) is 15.3 Å². The summed E-state index contributed by atoms with van der Waals surface area (Å²) in [6.45, 7) is 3.85. The van der Waals surface area contributed by atoms with Crippen LogP contribution >= 0.6 is 0 Å². The molecule has 1 heterocycles. The van der Waals surface area contributed by atoms with Crippen LogP contribution in [0.25, 0.3) is 16.6 Å². The number of aliphatic imine (C=N–C) groups is 1. The molecule has 10 heteroatoms. The van der Waals surface area contributed by atoms with E-state index in [9.17, 15) is 31.1 Å². The number of alkyl halides is 6. The molecule has 1 aromatic heterocycles. The maximum Gasteiger partial charge on any atom is 0.418 e. The van der Waals surface area contributed by atoms with Gasteiger partial charge in [0.25, 0.3) is 0 Å². The first-order valence-electron chi connectivity index (χ1n) is 12.4. The molecule has 38 heavy (non-hydrogen) atoms. The Hall–Kier alpha value is -3.56. The number of nitrogens with one attached hydrogen (secondary N) is 2. The summed E-state index contributed by atoms with van der Waals surface area (Å²) < 4.78 is 83.4. The fourth-order valence-electron chi connectivity index (χ4n) is 4.50. The first-order chi connectivity index (χ1) is 17.9. The average molecular weight is 536 g/mol. The molecule has 0 unspecified atom stereocenters. The molecule has 0 spiro atoms. The molecular weight excluding hydrogens is 508 g/mol. The van der Waals surface area contributed by atoms with Gasteiger partial charge in [0.05, 0.1) is 39.1 Å². The summed E-state index contributed by atoms with van der Waals surface area (Å²) in [6.07, 6.45) is -4.39. The monoisotopic (exact) mass is 535 g/mol. The lowest BCUT2D eigenvalue weighted by molar-refractivity contribution is -0.137. The Morgan fingerprint density at radius 1 is 1.00 bits per heavy atom. The number of aromatic amines is 1. The molecule has 2 aromatic carbocycles. The fraction of sp³-hybridized carbons (Fsp3) is 0.357. The highest BCUT2D eigenvalue weighted by Gasteiger charge is 2.36. The summed E-state index contributed by atoms with van der Waals surface area (Å²) in [5.74, 6) is 0. The minimum absolute atomic E-state index is 0.0106. The molecule has 0 saturated heterocycles. The van der Waals surface area contributed by atoms with Crippen LogP contribution in [0.15, 0.2) is 58.0 Å². The van der Waals surface area contributed by atoms with Gasteiger partial charge in [-0.1, -0.05) is 26.3 Å². The van der Waals surface area contributed by atoms with Gasteiger partial charge in [0.2, 0.25) is 0 Å². The maximum absolute atomic E-state index is 14.1. The van der Waals surface area contributed by atoms with Crippen LogP contribution in [0.5, 0.6) is 0 Å². The lowest BCUT2D eigenvalue weighted by Gasteiger charge is -2.25. The van der Waals surface area contributed by atoms with Gasteiger partial charge < -0.3 is 10.3 Å². The van der Waals surface area contributed by atoms with Crippen LogP contribution in [0.3, 0.4) is 0 Å². The summed E-state index contributed by atoms with van der Waals surface area (Å²) in [6, 6.07) is 7.00. The van der Waals surface area contributed by atoms with Gasteiger partial charge in [-0.3, -0.25) is 9.79 Å². The number of hydrogen-bond acceptors (Lipinski definition) is 3. The number of fused-ring (bicyclic) bond motifs is 1. The molecule has 4 rings (SSSR count). The molecule has 1 aliphatic rings. The Labute approximate surface area is 215 Å². The molecule has 1 fully saturated rings. The Morgan fingerprint density at radius 2 is 1.71 bits per heavy atom. The minimum atomic E-state index is -4.78. The van der Waals surface area contributed by atoms with E-state index in [-0.39, 0.29) is 28.2 Å². The highest BCUT2D eigenvalue weighted by atomic mass is 19.4. The zero-order chi connectivity index (χ0) is 27.7. The van der Waals surface area contributed by atoms with Crippen molar-refractivity contribution in [3.8, 4) is 0 Å². The van der Waals surface area contributed by atoms with Gasteiger partial charge in [0.1, 0.15) is 0 Å². The van der Waals surface area contributed by atoms with Crippen molar-refractivity contribution < 1.29 is 26.3 Å². The second-order valence-corrected chi connectivity index (χ2v) is 9.22. The normalized spacial score (nSPS) is 14.5. The van der Waals surface area contributed by atoms with Crippen molar-refractivity contribution >= 4 is 33.7 Å². The molecule has 0 aliphatic heterocycles. The Kier molecular flexibility index (Phi) is 7.71. The molecule has 2 N–H and O–H groups in total. The van der Waals surface area contributed by atoms with Crippen molar-refractivity contribution in [2.45, 2.75) is 64.7 Å². The van der Waals surface area contributed by atoms with Gasteiger partial charge in [-0.25, -0.2) is 0 Å². The number of rotatable bonds is 7. The van der Waals surface area contributed by atoms with E-state index in [0.717, 1.165) is 30.7 Å². The molecule has 0 bridgehead atoms. The second kappa shape index (κ2) is 10.7. The average Bonchev–Trinajstić information content (AvgIpc) is 2.82. The van der Waals surface area contributed by atoms with Crippen molar-refractivity contribution in [1.82, 2.24) is 4.98 Å². The number of allylic oxidation sites excluding steroid dienone is 1. The Morgan fingerprint density at radius 3 is 2.29 bits per heavy atom. The van der Waals surface area contributed by atoms with E-state index in [0.29, 0.717) is 31.3 Å². The number of benzene rings is 2. The quantitative estimate of drug-likeness (QED) is 0.235. The molecule has 0 amide bonds. The summed E-state index contributed by atoms with van der Waals surface area (Å²) in [5, 5.41) is 2.21. The third-order valence-corrected chi connectivity index (χ3v) is 6.60. The number of nitrogens with zero attached hydrogens (tertiary/aromatic N) is 1. The van der Waals surface area contributed by atoms with Gasteiger partial charge in [-0.05, 0) is 68.0 Å². The van der Waals surface area contributed by atoms with Gasteiger partial charge in [-0.2, -0.15) is 26.3 Å². The number of pyridine rings is 1. The number of halogens is 6. The fourth-order valence-corrected chi connectivity index (χ4v) is 4.50. The minimum Gasteiger partial charge on any atom is -0.360 e. The predicted octanol–water partition coefficient (Wildman–Crippen LogP) is 8.86. The topological polar surface area (TPSA) is 57.2 Å². The summed E-state index contributed by atoms with van der Waals surface area (Å²) in [7, 11) is 0. The number of H-pyrrole nitrogens is 1. The van der Waals surface area contributed by atoms with Crippen LogP contribution in [0.4, 0.5) is 37.7 Å². The first-order valence-corrected chi connectivity index (χ1v) is 12.4. The molecule has 1 saturated carbocycles. The first kappa shape index (κ1) is 27.5. The third-order valence-electron chi connectivity index (χ3n) is 6.60. The standard InChI is InChI=1S/C28H27F6N3O/c1-3-7-17(4-2)36-18-12-13-22(21(14-18)28(32,33)34)37-25(16-8-5-9-16)19-15-35-23-11-6-10-20(27(29,30)31)24(23)26(19)38/h6,10-15,37H,3-5,7-9H2,1-2H3,(H,35,38). The molecule has 202 valence electrons. The Bertz CT molecular complexity index is 1460. The lowest BCUT2D eigenvalue weighted by Crippen LogP contribution is -2.20. The molecular formula is C28H27F6N3O. The van der Waals surface area contributed by atoms with Gasteiger partial charge in [0.15, 0.2) is 5.43 Å². The van der Waals surface area contributed by atoms with Crippen molar-refractivity contribution in [1.29, 1.82) is 0 Å². The molecule has 0 atom stereocenters. The maximum atomic E-state index is 14.1. The number of aromatic nitrogens is 1. The predicted molar refractivity (Wildman–Crippen MR) is 138 cm³/mol. The highest BCUT2D eigenvalue weighted by Crippen LogP contribution is 2.41. The molecule has 3 aromatic rings. The van der Waals surface area contributed by atoms with E-state index in [1.807, 2.05) is 13.8 Å². The molecule has 1 aliphatic carbocycles. The second-order valence-electron chi connectivity index (χ2n) is 9.22. The van der Waals surface area contributed by atoms with Gasteiger partial charge in [-0.15, -0.1) is 0 Å². The number of hydrogen-bond donors (Lipinski definition) is 2. The summed E-state index contributed by atoms with van der Waals surface area (Å²) >= 11 is 0. The van der Waals surface area contributed by atoms with Crippen LogP contribution in [0.2, 0.25) is 0 Å². The van der Waals surface area contributed by atoms with Crippen LogP contribution < -0.4 is 10.7 Å². The van der Waals surface area contributed by atoms with E-state index in [4.69, 9.17) is 0 Å². The van der Waals surface area contributed by atoms with Gasteiger partial charge >= 0.3 is 12.4 Å². The summed E-state index contributed by atoms with van der Waals surface area (Å²) in [4.78, 5) is 20.5. The van der Waals surface area contributed by atoms with Crippen molar-refractivity contribution in [3.05, 3.63) is 75.1 Å². The van der Waals surface area contributed by atoms with Crippen LogP contribution in [-0.2, 0) is 12.4 Å². The summed E-state index contributed by atoms with van der Waals surface area (Å²) in [5.41, 5.74) is -1.74. The highest BCUT2D eigenvalue weighted by molar-refractivity contribution is 5.90.